The van der Waals surface area contributed by atoms with Crippen LogP contribution in [0, 0.1) is 5.92 Å². The SMILES string of the molecule is CC1CCCN(C(=O)NCc2c3c(cc4c2OCC4)OCC3)C1. The van der Waals surface area contributed by atoms with E-state index in [-0.39, 0.29) is 6.03 Å². The third-order valence-electron chi connectivity index (χ3n) is 5.12. The normalized spacial score (nSPS) is 22.1. The molecule has 5 nitrogen and oxygen atoms in total. The molecule has 1 saturated heterocycles. The maximum atomic E-state index is 12.5. The molecule has 124 valence electrons. The van der Waals surface area contributed by atoms with E-state index in [1.807, 2.05) is 4.90 Å². The third kappa shape index (κ3) is 2.73. The molecule has 3 aliphatic rings. The van der Waals surface area contributed by atoms with E-state index in [4.69, 9.17) is 9.47 Å². The zero-order valence-corrected chi connectivity index (χ0v) is 13.7. The van der Waals surface area contributed by atoms with Gasteiger partial charge < -0.3 is 19.7 Å². The Morgan fingerprint density at radius 3 is 3.09 bits per heavy atom. The molecule has 1 unspecified atom stereocenters. The Hall–Kier alpha value is -1.91. The minimum absolute atomic E-state index is 0.0415. The molecule has 1 N–H and O–H groups in total. The lowest BCUT2D eigenvalue weighted by Crippen LogP contribution is -2.44. The number of amides is 2. The quantitative estimate of drug-likeness (QED) is 0.912. The molecule has 0 aromatic heterocycles. The van der Waals surface area contributed by atoms with Gasteiger partial charge in [0.2, 0.25) is 0 Å². The van der Waals surface area contributed by atoms with E-state index in [0.29, 0.717) is 12.5 Å². The molecule has 5 heteroatoms. The van der Waals surface area contributed by atoms with Crippen LogP contribution in [-0.2, 0) is 19.4 Å². The highest BCUT2D eigenvalue weighted by Gasteiger charge is 2.27. The zero-order chi connectivity index (χ0) is 15.8. The number of carbonyl (C=O) groups excluding carboxylic acids is 1. The summed E-state index contributed by atoms with van der Waals surface area (Å²) in [7, 11) is 0. The van der Waals surface area contributed by atoms with Crippen molar-refractivity contribution in [3.05, 3.63) is 22.8 Å². The monoisotopic (exact) mass is 316 g/mol. The minimum Gasteiger partial charge on any atom is -0.493 e. The second-order valence-corrected chi connectivity index (χ2v) is 6.87. The molecule has 0 radical (unpaired) electrons. The van der Waals surface area contributed by atoms with Crippen molar-refractivity contribution in [1.29, 1.82) is 0 Å². The molecular weight excluding hydrogens is 292 g/mol. The lowest BCUT2D eigenvalue weighted by atomic mass is 9.99. The molecule has 0 spiro atoms. The van der Waals surface area contributed by atoms with Gasteiger partial charge in [-0.05, 0) is 24.8 Å². The number of likely N-dealkylation sites (tertiary alicyclic amines) is 1. The maximum absolute atomic E-state index is 12.5. The maximum Gasteiger partial charge on any atom is 0.317 e. The number of ether oxygens (including phenoxy) is 2. The number of fused-ring (bicyclic) bond motifs is 2. The number of rotatable bonds is 2. The number of piperidine rings is 1. The van der Waals surface area contributed by atoms with Crippen molar-refractivity contribution in [2.75, 3.05) is 26.3 Å². The van der Waals surface area contributed by atoms with Crippen molar-refractivity contribution in [2.45, 2.75) is 39.2 Å². The Labute approximate surface area is 136 Å². The summed E-state index contributed by atoms with van der Waals surface area (Å²) >= 11 is 0. The second kappa shape index (κ2) is 5.95. The molecule has 1 aromatic rings. The van der Waals surface area contributed by atoms with E-state index in [1.165, 1.54) is 17.5 Å². The summed E-state index contributed by atoms with van der Waals surface area (Å²) in [5, 5.41) is 3.10. The third-order valence-corrected chi connectivity index (χ3v) is 5.12. The first-order valence-electron chi connectivity index (χ1n) is 8.68. The smallest absolute Gasteiger partial charge is 0.317 e. The lowest BCUT2D eigenvalue weighted by molar-refractivity contribution is 0.169. The summed E-state index contributed by atoms with van der Waals surface area (Å²) in [6.07, 6.45) is 4.14. The van der Waals surface area contributed by atoms with E-state index in [2.05, 4.69) is 18.3 Å². The summed E-state index contributed by atoms with van der Waals surface area (Å²) in [6, 6.07) is 2.15. The number of hydrogen-bond donors (Lipinski definition) is 1. The van der Waals surface area contributed by atoms with Crippen molar-refractivity contribution >= 4 is 6.03 Å². The predicted octanol–water partition coefficient (Wildman–Crippen LogP) is 2.50. The summed E-state index contributed by atoms with van der Waals surface area (Å²) in [4.78, 5) is 14.4. The number of benzene rings is 1. The minimum atomic E-state index is 0.0415. The summed E-state index contributed by atoms with van der Waals surface area (Å²) in [5.74, 6) is 2.54. The van der Waals surface area contributed by atoms with Gasteiger partial charge in [-0.1, -0.05) is 6.92 Å². The Morgan fingerprint density at radius 2 is 2.22 bits per heavy atom. The van der Waals surface area contributed by atoms with Crippen LogP contribution in [0.1, 0.15) is 36.5 Å². The lowest BCUT2D eigenvalue weighted by Gasteiger charge is -2.31. The Morgan fingerprint density at radius 1 is 1.35 bits per heavy atom. The topological polar surface area (TPSA) is 50.8 Å². The highest BCUT2D eigenvalue weighted by atomic mass is 16.5. The molecule has 0 bridgehead atoms. The first-order valence-corrected chi connectivity index (χ1v) is 8.68. The average molecular weight is 316 g/mol. The number of nitrogens with zero attached hydrogens (tertiary/aromatic N) is 1. The number of urea groups is 1. The summed E-state index contributed by atoms with van der Waals surface area (Å²) in [6.45, 7) is 5.91. The molecular formula is C18H24N2O3. The van der Waals surface area contributed by atoms with Crippen LogP contribution in [0.3, 0.4) is 0 Å². The summed E-state index contributed by atoms with van der Waals surface area (Å²) < 4.78 is 11.6. The fourth-order valence-corrected chi connectivity index (χ4v) is 3.92. The highest BCUT2D eigenvalue weighted by molar-refractivity contribution is 5.74. The van der Waals surface area contributed by atoms with Gasteiger partial charge in [0.05, 0.1) is 13.2 Å². The molecule has 4 rings (SSSR count). The van der Waals surface area contributed by atoms with Crippen molar-refractivity contribution in [2.24, 2.45) is 5.92 Å². The van der Waals surface area contributed by atoms with Gasteiger partial charge in [0.15, 0.2) is 0 Å². The molecule has 3 heterocycles. The first-order chi connectivity index (χ1) is 11.2. The molecule has 1 aromatic carbocycles. The molecule has 0 aliphatic carbocycles. The number of carbonyl (C=O) groups is 1. The van der Waals surface area contributed by atoms with Crippen LogP contribution >= 0.6 is 0 Å². The van der Waals surface area contributed by atoms with Crippen molar-refractivity contribution in [1.82, 2.24) is 10.2 Å². The molecule has 1 fully saturated rings. The van der Waals surface area contributed by atoms with Gasteiger partial charge in [-0.3, -0.25) is 0 Å². The van der Waals surface area contributed by atoms with Gasteiger partial charge in [0.1, 0.15) is 11.5 Å². The molecule has 3 aliphatic heterocycles. The van der Waals surface area contributed by atoms with Gasteiger partial charge in [-0.2, -0.15) is 0 Å². The van der Waals surface area contributed by atoms with Crippen LogP contribution in [0.5, 0.6) is 11.5 Å². The molecule has 0 saturated carbocycles. The predicted molar refractivity (Wildman–Crippen MR) is 87.0 cm³/mol. The molecule has 1 atom stereocenters. The highest BCUT2D eigenvalue weighted by Crippen LogP contribution is 2.40. The van der Waals surface area contributed by atoms with Crippen molar-refractivity contribution in [3.63, 3.8) is 0 Å². The van der Waals surface area contributed by atoms with Crippen LogP contribution in [-0.4, -0.2) is 37.2 Å². The van der Waals surface area contributed by atoms with Gasteiger partial charge in [0.25, 0.3) is 0 Å². The zero-order valence-electron chi connectivity index (χ0n) is 13.7. The van der Waals surface area contributed by atoms with E-state index < -0.39 is 0 Å². The van der Waals surface area contributed by atoms with Crippen LogP contribution in [0.2, 0.25) is 0 Å². The van der Waals surface area contributed by atoms with Crippen LogP contribution in [0.4, 0.5) is 4.79 Å². The van der Waals surface area contributed by atoms with Crippen LogP contribution in [0.15, 0.2) is 6.07 Å². The van der Waals surface area contributed by atoms with E-state index >= 15 is 0 Å². The van der Waals surface area contributed by atoms with E-state index in [1.54, 1.807) is 0 Å². The van der Waals surface area contributed by atoms with Crippen LogP contribution in [0.25, 0.3) is 0 Å². The van der Waals surface area contributed by atoms with E-state index in [0.717, 1.165) is 62.6 Å². The summed E-state index contributed by atoms with van der Waals surface area (Å²) in [5.41, 5.74) is 3.53. The largest absolute Gasteiger partial charge is 0.493 e. The Balaban J connectivity index is 1.50. The molecule has 2 amide bonds. The fourth-order valence-electron chi connectivity index (χ4n) is 3.92. The number of hydrogen-bond acceptors (Lipinski definition) is 3. The fraction of sp³-hybridized carbons (Fsp3) is 0.611. The second-order valence-electron chi connectivity index (χ2n) is 6.87. The van der Waals surface area contributed by atoms with Crippen molar-refractivity contribution in [3.8, 4) is 11.5 Å². The van der Waals surface area contributed by atoms with E-state index in [9.17, 15) is 4.79 Å². The number of nitrogens with one attached hydrogen (secondary N) is 1. The average Bonchev–Trinajstić information content (AvgIpc) is 3.19. The van der Waals surface area contributed by atoms with Gasteiger partial charge in [-0.25, -0.2) is 4.79 Å². The standard InChI is InChI=1S/C18H24N2O3/c1-12-3-2-6-20(11-12)18(21)19-10-15-14-5-8-22-16(14)9-13-4-7-23-17(13)15/h9,12H,2-8,10-11H2,1H3,(H,19,21). The molecule has 23 heavy (non-hydrogen) atoms. The first kappa shape index (κ1) is 14.7. The van der Waals surface area contributed by atoms with Crippen LogP contribution < -0.4 is 14.8 Å². The Bertz CT molecular complexity index is 597. The van der Waals surface area contributed by atoms with Gasteiger partial charge in [-0.15, -0.1) is 0 Å². The van der Waals surface area contributed by atoms with Gasteiger partial charge in [0, 0.05) is 49.2 Å². The Kier molecular flexibility index (Phi) is 3.79. The van der Waals surface area contributed by atoms with Crippen molar-refractivity contribution < 1.29 is 14.3 Å². The van der Waals surface area contributed by atoms with Gasteiger partial charge >= 0.3 is 6.03 Å².